The lowest BCUT2D eigenvalue weighted by atomic mass is 10.2. The molecule has 3 aromatic rings. The minimum absolute atomic E-state index is 0.0395. The Bertz CT molecular complexity index is 1120. The second-order valence-corrected chi connectivity index (χ2v) is 7.37. The first-order chi connectivity index (χ1) is 14.3. The maximum atomic E-state index is 13.1. The largest absolute Gasteiger partial charge is 0.440 e. The van der Waals surface area contributed by atoms with Crippen molar-refractivity contribution in [1.29, 1.82) is 0 Å². The summed E-state index contributed by atoms with van der Waals surface area (Å²) in [5, 5.41) is 3.14. The molecule has 1 aromatic heterocycles. The zero-order valence-corrected chi connectivity index (χ0v) is 16.7. The van der Waals surface area contributed by atoms with Crippen LogP contribution in [0.2, 0.25) is 0 Å². The molecule has 158 valence electrons. The molecular formula is C20H18F3N3O3S. The van der Waals surface area contributed by atoms with Crippen molar-refractivity contribution in [1.82, 2.24) is 14.9 Å². The lowest BCUT2D eigenvalue weighted by Crippen LogP contribution is -2.30. The third kappa shape index (κ3) is 5.32. The summed E-state index contributed by atoms with van der Waals surface area (Å²) in [5.74, 6) is 0.276. The number of aryl methyl sites for hydroxylation is 1. The maximum Gasteiger partial charge on any atom is 0.422 e. The molecule has 0 fully saturated rings. The Kier molecular flexibility index (Phi) is 6.66. The fourth-order valence-corrected chi connectivity index (χ4v) is 3.59. The number of alkyl carbamates (subject to hydrolysis) is 1. The fourth-order valence-electron chi connectivity index (χ4n) is 2.73. The van der Waals surface area contributed by atoms with Crippen molar-refractivity contribution in [3.8, 4) is 5.69 Å². The summed E-state index contributed by atoms with van der Waals surface area (Å²) in [6, 6.07) is 14.3. The summed E-state index contributed by atoms with van der Waals surface area (Å²) >= 11 is 1.20. The number of nitrogens with one attached hydrogen (secondary N) is 1. The number of thioether (sulfide) groups is 1. The van der Waals surface area contributed by atoms with E-state index in [1.165, 1.54) is 16.3 Å². The Balaban J connectivity index is 1.80. The molecule has 1 heterocycles. The molecule has 6 nitrogen and oxygen atoms in total. The molecule has 0 bridgehead atoms. The number of amides is 1. The molecular weight excluding hydrogens is 419 g/mol. The van der Waals surface area contributed by atoms with Crippen molar-refractivity contribution in [3.05, 3.63) is 64.4 Å². The van der Waals surface area contributed by atoms with Crippen LogP contribution in [0.5, 0.6) is 0 Å². The van der Waals surface area contributed by atoms with Crippen LogP contribution in [-0.4, -0.2) is 40.7 Å². The molecule has 0 unspecified atom stereocenters. The van der Waals surface area contributed by atoms with Crippen LogP contribution in [0.1, 0.15) is 5.56 Å². The van der Waals surface area contributed by atoms with Crippen LogP contribution in [-0.2, 0) is 4.74 Å². The number of carbonyl (C=O) groups excluding carboxylic acids is 1. The van der Waals surface area contributed by atoms with Gasteiger partial charge in [0.15, 0.2) is 11.8 Å². The number of aromatic nitrogens is 2. The van der Waals surface area contributed by atoms with Gasteiger partial charge in [-0.1, -0.05) is 42.1 Å². The van der Waals surface area contributed by atoms with E-state index in [4.69, 9.17) is 0 Å². The van der Waals surface area contributed by atoms with Gasteiger partial charge in [0.2, 0.25) is 0 Å². The van der Waals surface area contributed by atoms with Gasteiger partial charge in [0, 0.05) is 12.3 Å². The van der Waals surface area contributed by atoms with Crippen LogP contribution in [0.15, 0.2) is 58.5 Å². The molecule has 1 amide bonds. The molecule has 0 aliphatic carbocycles. The maximum absolute atomic E-state index is 13.1. The number of benzene rings is 2. The third-order valence-electron chi connectivity index (χ3n) is 4.07. The van der Waals surface area contributed by atoms with Crippen molar-refractivity contribution in [2.24, 2.45) is 0 Å². The monoisotopic (exact) mass is 437 g/mol. The predicted molar refractivity (Wildman–Crippen MR) is 108 cm³/mol. The first kappa shape index (κ1) is 21.7. The molecule has 0 aliphatic rings. The number of nitrogens with zero attached hydrogens (tertiary/aromatic N) is 2. The topological polar surface area (TPSA) is 73.2 Å². The third-order valence-corrected chi connectivity index (χ3v) is 5.01. The molecule has 2 aromatic carbocycles. The van der Waals surface area contributed by atoms with E-state index < -0.39 is 18.9 Å². The smallest absolute Gasteiger partial charge is 0.422 e. The Morgan fingerprint density at radius 3 is 2.60 bits per heavy atom. The molecule has 30 heavy (non-hydrogen) atoms. The second kappa shape index (κ2) is 9.21. The zero-order chi connectivity index (χ0) is 21.7. The quantitative estimate of drug-likeness (QED) is 0.358. The number of alkyl halides is 3. The van der Waals surface area contributed by atoms with E-state index in [9.17, 15) is 22.8 Å². The highest BCUT2D eigenvalue weighted by molar-refractivity contribution is 7.99. The van der Waals surface area contributed by atoms with Crippen LogP contribution in [0, 0.1) is 6.92 Å². The Labute approximate surface area is 174 Å². The normalized spacial score (nSPS) is 11.5. The number of carbonyl (C=O) groups is 1. The van der Waals surface area contributed by atoms with Gasteiger partial charge in [-0.25, -0.2) is 9.78 Å². The molecule has 0 atom stereocenters. The van der Waals surface area contributed by atoms with Gasteiger partial charge in [0.25, 0.3) is 5.56 Å². The number of para-hydroxylation sites is 2. The zero-order valence-electron chi connectivity index (χ0n) is 15.9. The van der Waals surface area contributed by atoms with Crippen LogP contribution < -0.4 is 10.9 Å². The van der Waals surface area contributed by atoms with Gasteiger partial charge in [-0.15, -0.1) is 0 Å². The van der Waals surface area contributed by atoms with E-state index in [-0.39, 0.29) is 17.9 Å². The van der Waals surface area contributed by atoms with Crippen molar-refractivity contribution >= 4 is 28.8 Å². The summed E-state index contributed by atoms with van der Waals surface area (Å²) in [5.41, 5.74) is 1.87. The van der Waals surface area contributed by atoms with Gasteiger partial charge in [-0.3, -0.25) is 9.36 Å². The molecule has 0 saturated carbocycles. The van der Waals surface area contributed by atoms with Crippen LogP contribution in [0.4, 0.5) is 18.0 Å². The molecule has 1 N–H and O–H groups in total. The molecule has 0 spiro atoms. The average Bonchev–Trinajstić information content (AvgIpc) is 2.70. The lowest BCUT2D eigenvalue weighted by Gasteiger charge is -2.15. The Hall–Kier alpha value is -3.01. The number of rotatable bonds is 6. The van der Waals surface area contributed by atoms with Crippen molar-refractivity contribution in [3.63, 3.8) is 0 Å². The average molecular weight is 437 g/mol. The molecule has 10 heteroatoms. The summed E-state index contributed by atoms with van der Waals surface area (Å²) < 4.78 is 41.8. The van der Waals surface area contributed by atoms with E-state index in [1.54, 1.807) is 24.3 Å². The van der Waals surface area contributed by atoms with Crippen LogP contribution in [0.3, 0.4) is 0 Å². The number of halogens is 3. The molecule has 0 saturated heterocycles. The van der Waals surface area contributed by atoms with Crippen molar-refractivity contribution in [2.45, 2.75) is 18.3 Å². The van der Waals surface area contributed by atoms with Gasteiger partial charge >= 0.3 is 12.3 Å². The summed E-state index contributed by atoms with van der Waals surface area (Å²) in [6.07, 6.45) is -5.74. The highest BCUT2D eigenvalue weighted by atomic mass is 32.2. The van der Waals surface area contributed by atoms with E-state index >= 15 is 0 Å². The standard InChI is InChI=1S/C20H18F3N3O3S/c1-13-6-2-5-9-16(13)26-17(27)14-7-3-4-8-15(14)25-18(26)30-11-10-24-19(28)29-12-20(21,22)23/h2-9H,10-12H2,1H3,(H,24,28). The fraction of sp³-hybridized carbons (Fsp3) is 0.250. The molecule has 0 aliphatic heterocycles. The lowest BCUT2D eigenvalue weighted by molar-refractivity contribution is -0.160. The molecule has 3 rings (SSSR count). The predicted octanol–water partition coefficient (Wildman–Crippen LogP) is 4.07. The minimum Gasteiger partial charge on any atom is -0.440 e. The highest BCUT2D eigenvalue weighted by Gasteiger charge is 2.29. The van der Waals surface area contributed by atoms with Crippen LogP contribution in [0.25, 0.3) is 16.6 Å². The van der Waals surface area contributed by atoms with Gasteiger partial charge in [0.1, 0.15) is 0 Å². The first-order valence-electron chi connectivity index (χ1n) is 8.94. The number of ether oxygens (including phenoxy) is 1. The highest BCUT2D eigenvalue weighted by Crippen LogP contribution is 2.22. The van der Waals surface area contributed by atoms with Crippen molar-refractivity contribution in [2.75, 3.05) is 18.9 Å². The Morgan fingerprint density at radius 1 is 1.17 bits per heavy atom. The van der Waals surface area contributed by atoms with Gasteiger partial charge in [0.05, 0.1) is 16.6 Å². The van der Waals surface area contributed by atoms with Crippen molar-refractivity contribution < 1.29 is 22.7 Å². The van der Waals surface area contributed by atoms with E-state index in [0.29, 0.717) is 21.7 Å². The van der Waals surface area contributed by atoms with E-state index in [1.807, 2.05) is 31.2 Å². The summed E-state index contributed by atoms with van der Waals surface area (Å²) in [7, 11) is 0. The number of hydrogen-bond donors (Lipinski definition) is 1. The minimum atomic E-state index is -4.58. The molecule has 0 radical (unpaired) electrons. The first-order valence-corrected chi connectivity index (χ1v) is 9.93. The van der Waals surface area contributed by atoms with E-state index in [0.717, 1.165) is 5.56 Å². The Morgan fingerprint density at radius 2 is 1.87 bits per heavy atom. The SMILES string of the molecule is Cc1ccccc1-n1c(SCCNC(=O)OCC(F)(F)F)nc2ccccc2c1=O. The second-order valence-electron chi connectivity index (χ2n) is 6.31. The summed E-state index contributed by atoms with van der Waals surface area (Å²) in [4.78, 5) is 29.1. The number of fused-ring (bicyclic) bond motifs is 1. The van der Waals surface area contributed by atoms with Gasteiger partial charge in [-0.2, -0.15) is 13.2 Å². The van der Waals surface area contributed by atoms with Crippen LogP contribution >= 0.6 is 11.8 Å². The van der Waals surface area contributed by atoms with E-state index in [2.05, 4.69) is 15.0 Å². The summed E-state index contributed by atoms with van der Waals surface area (Å²) in [6.45, 7) is 0.270. The van der Waals surface area contributed by atoms with Gasteiger partial charge in [-0.05, 0) is 30.7 Å². The number of hydrogen-bond acceptors (Lipinski definition) is 5. The van der Waals surface area contributed by atoms with Gasteiger partial charge < -0.3 is 10.1 Å².